The van der Waals surface area contributed by atoms with E-state index in [1.165, 1.54) is 21.5 Å². The maximum absolute atomic E-state index is 6.66. The number of hydrogen-bond acceptors (Lipinski definition) is 4. The summed E-state index contributed by atoms with van der Waals surface area (Å²) in [5.74, 6) is 1.88. The van der Waals surface area contributed by atoms with E-state index < -0.39 is 0 Å². The van der Waals surface area contributed by atoms with Crippen molar-refractivity contribution in [2.75, 3.05) is 0 Å². The van der Waals surface area contributed by atoms with Crippen molar-refractivity contribution in [2.45, 2.75) is 0 Å². The van der Waals surface area contributed by atoms with Crippen LogP contribution in [0.4, 0.5) is 0 Å². The normalized spacial score (nSPS) is 11.6. The average molecular weight is 576 g/mol. The first-order chi connectivity index (χ1) is 22.3. The number of nitrogens with zero attached hydrogens (tertiary/aromatic N) is 3. The third-order valence-corrected chi connectivity index (χ3v) is 8.52. The van der Waals surface area contributed by atoms with Gasteiger partial charge in [0.25, 0.3) is 0 Å². The van der Waals surface area contributed by atoms with Crippen LogP contribution < -0.4 is 0 Å². The Balaban J connectivity index is 1.27. The Morgan fingerprint density at radius 1 is 0.378 bits per heavy atom. The SMILES string of the molecule is c1ccc(-c2nc(-c3ccccc3)nc(-c3cccc4oc5c(-c6ccc7ccc8ccccc8c7c6)cccc5c34)n2)cc1. The van der Waals surface area contributed by atoms with Crippen LogP contribution in [0.3, 0.4) is 0 Å². The Kier molecular flexibility index (Phi) is 5.78. The molecule has 0 N–H and O–H groups in total. The fraction of sp³-hybridized carbons (Fsp3) is 0. The summed E-state index contributed by atoms with van der Waals surface area (Å²) in [5.41, 5.74) is 6.59. The highest BCUT2D eigenvalue weighted by atomic mass is 16.3. The van der Waals surface area contributed by atoms with Crippen LogP contribution in [0.15, 0.2) is 156 Å². The molecule has 210 valence electrons. The van der Waals surface area contributed by atoms with Gasteiger partial charge in [0, 0.05) is 33.0 Å². The minimum atomic E-state index is 0.610. The van der Waals surface area contributed by atoms with Crippen molar-refractivity contribution in [3.8, 4) is 45.3 Å². The number of rotatable bonds is 4. The summed E-state index contributed by atoms with van der Waals surface area (Å²) >= 11 is 0. The average Bonchev–Trinajstić information content (AvgIpc) is 3.51. The smallest absolute Gasteiger partial charge is 0.164 e. The van der Waals surface area contributed by atoms with E-state index in [2.05, 4.69) is 78.9 Å². The Labute approximate surface area is 259 Å². The summed E-state index contributed by atoms with van der Waals surface area (Å²) in [5, 5.41) is 6.94. The van der Waals surface area contributed by atoms with Crippen molar-refractivity contribution in [3.63, 3.8) is 0 Å². The fourth-order valence-corrected chi connectivity index (χ4v) is 6.36. The minimum Gasteiger partial charge on any atom is -0.455 e. The van der Waals surface area contributed by atoms with E-state index in [4.69, 9.17) is 19.4 Å². The predicted molar refractivity (Wildman–Crippen MR) is 184 cm³/mol. The first-order valence-corrected chi connectivity index (χ1v) is 15.0. The van der Waals surface area contributed by atoms with Gasteiger partial charge >= 0.3 is 0 Å². The van der Waals surface area contributed by atoms with Gasteiger partial charge in [-0.25, -0.2) is 15.0 Å². The molecule has 0 atom stereocenters. The number of benzene rings is 7. The molecule has 0 unspecified atom stereocenters. The van der Waals surface area contributed by atoms with Gasteiger partial charge < -0.3 is 4.42 Å². The van der Waals surface area contributed by atoms with Gasteiger partial charge in [-0.15, -0.1) is 0 Å². The maximum atomic E-state index is 6.66. The molecule has 0 amide bonds. The van der Waals surface area contributed by atoms with Gasteiger partial charge in [0.2, 0.25) is 0 Å². The van der Waals surface area contributed by atoms with Crippen LogP contribution in [0, 0.1) is 0 Å². The Morgan fingerprint density at radius 3 is 1.71 bits per heavy atom. The van der Waals surface area contributed by atoms with E-state index in [0.717, 1.165) is 49.8 Å². The van der Waals surface area contributed by atoms with E-state index in [0.29, 0.717) is 17.5 Å². The summed E-state index contributed by atoms with van der Waals surface area (Å²) in [4.78, 5) is 14.9. The van der Waals surface area contributed by atoms with E-state index in [9.17, 15) is 0 Å². The van der Waals surface area contributed by atoms with Crippen LogP contribution >= 0.6 is 0 Å². The van der Waals surface area contributed by atoms with Crippen LogP contribution in [0.25, 0.3) is 88.8 Å². The van der Waals surface area contributed by atoms with E-state index in [1.807, 2.05) is 72.8 Å². The summed E-state index contributed by atoms with van der Waals surface area (Å²) < 4.78 is 6.66. The Hall–Kier alpha value is -6.13. The van der Waals surface area contributed by atoms with Crippen molar-refractivity contribution in [3.05, 3.63) is 152 Å². The van der Waals surface area contributed by atoms with Gasteiger partial charge in [0.15, 0.2) is 17.5 Å². The summed E-state index contributed by atoms with van der Waals surface area (Å²) in [6.07, 6.45) is 0. The molecular weight excluding hydrogens is 550 g/mol. The second kappa shape index (κ2) is 10.2. The zero-order valence-electron chi connectivity index (χ0n) is 24.2. The highest BCUT2D eigenvalue weighted by Crippen LogP contribution is 2.41. The van der Waals surface area contributed by atoms with Crippen molar-refractivity contribution < 1.29 is 4.42 Å². The first kappa shape index (κ1) is 25.4. The molecule has 4 nitrogen and oxygen atoms in total. The minimum absolute atomic E-state index is 0.610. The summed E-state index contributed by atoms with van der Waals surface area (Å²) in [7, 11) is 0. The van der Waals surface area contributed by atoms with Crippen LogP contribution in [0.2, 0.25) is 0 Å². The largest absolute Gasteiger partial charge is 0.455 e. The highest BCUT2D eigenvalue weighted by Gasteiger charge is 2.19. The standard InChI is InChI=1S/C41H25N3O/c1-3-12-28(13-4-1)39-42-40(29-14-5-2-6-15-29)44-41(43-39)34-19-10-20-36-37(34)33-18-9-17-32(38(33)45-36)30-24-23-27-22-21-26-11-7-8-16-31(26)35(27)25-30/h1-25H. The number of aromatic nitrogens is 3. The summed E-state index contributed by atoms with van der Waals surface area (Å²) in [6.45, 7) is 0. The Morgan fingerprint density at radius 2 is 0.956 bits per heavy atom. The number of hydrogen-bond donors (Lipinski definition) is 0. The lowest BCUT2D eigenvalue weighted by atomic mass is 9.96. The van der Waals surface area contributed by atoms with Gasteiger partial charge in [-0.3, -0.25) is 0 Å². The molecule has 0 radical (unpaired) electrons. The van der Waals surface area contributed by atoms with Crippen LogP contribution in [0.5, 0.6) is 0 Å². The molecule has 0 spiro atoms. The second-order valence-electron chi connectivity index (χ2n) is 11.2. The van der Waals surface area contributed by atoms with Gasteiger partial charge in [-0.05, 0) is 39.2 Å². The van der Waals surface area contributed by atoms with Gasteiger partial charge in [0.1, 0.15) is 11.2 Å². The lowest BCUT2D eigenvalue weighted by Crippen LogP contribution is -2.00. The molecule has 2 aromatic heterocycles. The fourth-order valence-electron chi connectivity index (χ4n) is 6.36. The molecule has 45 heavy (non-hydrogen) atoms. The lowest BCUT2D eigenvalue weighted by Gasteiger charge is -2.09. The monoisotopic (exact) mass is 575 g/mol. The van der Waals surface area contributed by atoms with Crippen LogP contribution in [-0.2, 0) is 0 Å². The molecule has 0 bridgehead atoms. The highest BCUT2D eigenvalue weighted by molar-refractivity contribution is 6.16. The quantitative estimate of drug-likeness (QED) is 0.196. The molecular formula is C41H25N3O. The summed E-state index contributed by atoms with van der Waals surface area (Å²) in [6, 6.07) is 52.2. The van der Waals surface area contributed by atoms with Crippen LogP contribution in [-0.4, -0.2) is 15.0 Å². The molecule has 0 aliphatic rings. The molecule has 4 heteroatoms. The molecule has 0 fully saturated rings. The first-order valence-electron chi connectivity index (χ1n) is 15.0. The van der Waals surface area contributed by atoms with Crippen LogP contribution in [0.1, 0.15) is 0 Å². The zero-order chi connectivity index (χ0) is 29.7. The molecule has 0 saturated heterocycles. The van der Waals surface area contributed by atoms with Gasteiger partial charge in [0.05, 0.1) is 0 Å². The third kappa shape index (κ3) is 4.27. The zero-order valence-corrected chi connectivity index (χ0v) is 24.2. The lowest BCUT2D eigenvalue weighted by molar-refractivity contribution is 0.670. The van der Waals surface area contributed by atoms with Gasteiger partial charge in [-0.1, -0.05) is 140 Å². The van der Waals surface area contributed by atoms with Crippen molar-refractivity contribution in [1.82, 2.24) is 15.0 Å². The molecule has 9 aromatic rings. The number of para-hydroxylation sites is 1. The third-order valence-electron chi connectivity index (χ3n) is 8.52. The van der Waals surface area contributed by atoms with E-state index in [-0.39, 0.29) is 0 Å². The van der Waals surface area contributed by atoms with E-state index in [1.54, 1.807) is 0 Å². The topological polar surface area (TPSA) is 51.8 Å². The van der Waals surface area contributed by atoms with Crippen molar-refractivity contribution >= 4 is 43.5 Å². The molecule has 0 aliphatic heterocycles. The maximum Gasteiger partial charge on any atom is 0.164 e. The molecule has 2 heterocycles. The number of fused-ring (bicyclic) bond motifs is 6. The van der Waals surface area contributed by atoms with Crippen molar-refractivity contribution in [2.24, 2.45) is 0 Å². The molecule has 7 aromatic carbocycles. The number of furan rings is 1. The van der Waals surface area contributed by atoms with E-state index >= 15 is 0 Å². The van der Waals surface area contributed by atoms with Crippen molar-refractivity contribution in [1.29, 1.82) is 0 Å². The Bertz CT molecular complexity index is 2480. The van der Waals surface area contributed by atoms with Gasteiger partial charge in [-0.2, -0.15) is 0 Å². The molecule has 0 saturated carbocycles. The molecule has 0 aliphatic carbocycles. The predicted octanol–water partition coefficient (Wildman–Crippen LogP) is 10.7. The molecule has 9 rings (SSSR count). The second-order valence-corrected chi connectivity index (χ2v) is 11.2.